The highest BCUT2D eigenvalue weighted by Crippen LogP contribution is 1.95. The van der Waals surface area contributed by atoms with E-state index in [-0.39, 0.29) is 0 Å². The second-order valence-corrected chi connectivity index (χ2v) is 2.56. The fourth-order valence-corrected chi connectivity index (χ4v) is 0.982. The Morgan fingerprint density at radius 1 is 1.07 bits per heavy atom. The van der Waals surface area contributed by atoms with Gasteiger partial charge in [-0.15, -0.1) is 0 Å². The quantitative estimate of drug-likeness (QED) is 0.388. The first-order valence-corrected chi connectivity index (χ1v) is 4.33. The Morgan fingerprint density at radius 3 is 2.36 bits per heavy atom. The molecule has 1 heterocycles. The highest BCUT2D eigenvalue weighted by molar-refractivity contribution is 5.73. The molecule has 0 aromatic carbocycles. The molecule has 0 saturated heterocycles. The molecule has 2 heteroatoms. The summed E-state index contributed by atoms with van der Waals surface area (Å²) in [6.07, 6.45) is 10.7. The molecule has 0 aliphatic rings. The minimum absolute atomic E-state index is 0.806. The lowest BCUT2D eigenvalue weighted by Crippen LogP contribution is -2.29. The Hall–Kier alpha value is -1.96. The first kappa shape index (κ1) is 10.1. The molecule has 14 heavy (non-hydrogen) atoms. The van der Waals surface area contributed by atoms with Crippen molar-refractivity contribution < 1.29 is 4.57 Å². The van der Waals surface area contributed by atoms with Crippen LogP contribution >= 0.6 is 0 Å². The van der Waals surface area contributed by atoms with Crippen LogP contribution in [-0.2, 0) is 0 Å². The van der Waals surface area contributed by atoms with Crippen molar-refractivity contribution in [1.29, 1.82) is 0 Å². The van der Waals surface area contributed by atoms with Crippen molar-refractivity contribution in [3.05, 3.63) is 62.0 Å². The number of aliphatic imine (C=N–C) groups is 1. The molecule has 1 aromatic rings. The van der Waals surface area contributed by atoms with E-state index >= 15 is 0 Å². The molecule has 0 unspecified atom stereocenters. The molecule has 0 fully saturated rings. The number of nitrogens with zero attached hydrogens (tertiary/aromatic N) is 2. The van der Waals surface area contributed by atoms with Gasteiger partial charge in [-0.2, -0.15) is 0 Å². The Kier molecular flexibility index (Phi) is 4.08. The van der Waals surface area contributed by atoms with E-state index in [1.54, 1.807) is 18.4 Å². The van der Waals surface area contributed by atoms with Gasteiger partial charge in [0.15, 0.2) is 0 Å². The number of allylic oxidation sites excluding steroid dienone is 3. The van der Waals surface area contributed by atoms with E-state index < -0.39 is 0 Å². The van der Waals surface area contributed by atoms with Gasteiger partial charge in [0.05, 0.1) is 12.4 Å². The predicted octanol–water partition coefficient (Wildman–Crippen LogP) is 2.22. The van der Waals surface area contributed by atoms with Gasteiger partial charge in [-0.25, -0.2) is 4.57 Å². The maximum atomic E-state index is 4.21. The van der Waals surface area contributed by atoms with Crippen LogP contribution in [0.15, 0.2) is 67.0 Å². The van der Waals surface area contributed by atoms with Crippen molar-refractivity contribution >= 4 is 12.0 Å². The summed E-state index contributed by atoms with van der Waals surface area (Å²) in [5.74, 6) is 0.806. The topological polar surface area (TPSA) is 16.2 Å². The highest BCUT2D eigenvalue weighted by atomic mass is 15.1. The predicted molar refractivity (Wildman–Crippen MR) is 59.8 cm³/mol. The molecule has 0 atom stereocenters. The summed E-state index contributed by atoms with van der Waals surface area (Å²) in [7, 11) is 0. The monoisotopic (exact) mass is 185 g/mol. The summed E-state index contributed by atoms with van der Waals surface area (Å²) in [4.78, 5) is 4.21. The molecular weight excluding hydrogens is 172 g/mol. The van der Waals surface area contributed by atoms with Crippen LogP contribution in [0.1, 0.15) is 0 Å². The molecule has 0 radical (unpaired) electrons. The van der Waals surface area contributed by atoms with E-state index in [4.69, 9.17) is 0 Å². The van der Waals surface area contributed by atoms with Crippen LogP contribution in [-0.4, -0.2) is 6.21 Å². The molecule has 1 rings (SSSR count). The highest BCUT2D eigenvalue weighted by Gasteiger charge is 2.03. The van der Waals surface area contributed by atoms with Gasteiger partial charge in [-0.05, 0) is 23.2 Å². The Morgan fingerprint density at radius 2 is 1.79 bits per heavy atom. The molecule has 0 spiro atoms. The second-order valence-electron chi connectivity index (χ2n) is 2.56. The van der Waals surface area contributed by atoms with Gasteiger partial charge in [-0.1, -0.05) is 25.3 Å². The van der Waals surface area contributed by atoms with Crippen molar-refractivity contribution in [2.24, 2.45) is 4.99 Å². The van der Waals surface area contributed by atoms with Crippen LogP contribution in [0.25, 0.3) is 5.82 Å². The van der Waals surface area contributed by atoms with E-state index in [0.717, 1.165) is 5.82 Å². The largest absolute Gasteiger partial charge is 0.327 e. The minimum atomic E-state index is 0.806. The Labute approximate surface area is 84.2 Å². The zero-order valence-corrected chi connectivity index (χ0v) is 8.00. The molecule has 70 valence electrons. The summed E-state index contributed by atoms with van der Waals surface area (Å²) in [5, 5.41) is 0. The molecule has 1 aromatic heterocycles. The third kappa shape index (κ3) is 2.83. The van der Waals surface area contributed by atoms with Gasteiger partial charge in [0.1, 0.15) is 6.21 Å². The van der Waals surface area contributed by atoms with E-state index in [0.29, 0.717) is 0 Å². The number of rotatable bonds is 4. The fraction of sp³-hybridized carbons (Fsp3) is 0. The summed E-state index contributed by atoms with van der Waals surface area (Å²) >= 11 is 0. The van der Waals surface area contributed by atoms with E-state index in [1.165, 1.54) is 0 Å². The van der Waals surface area contributed by atoms with E-state index in [2.05, 4.69) is 18.2 Å². The molecule has 0 saturated carbocycles. The second kappa shape index (κ2) is 5.65. The average Bonchev–Trinajstić information content (AvgIpc) is 2.25. The SMILES string of the molecule is C=CC=N/C(=C\C=C)[n+]1ccccc1. The number of aromatic nitrogens is 1. The van der Waals surface area contributed by atoms with E-state index in [9.17, 15) is 0 Å². The van der Waals surface area contributed by atoms with Crippen molar-refractivity contribution in [2.45, 2.75) is 0 Å². The molecule has 0 bridgehead atoms. The summed E-state index contributed by atoms with van der Waals surface area (Å²) < 4.78 is 1.90. The first-order valence-electron chi connectivity index (χ1n) is 4.33. The van der Waals surface area contributed by atoms with Gasteiger partial charge in [0.25, 0.3) is 0 Å². The van der Waals surface area contributed by atoms with Crippen molar-refractivity contribution in [3.8, 4) is 0 Å². The van der Waals surface area contributed by atoms with Gasteiger partial charge >= 0.3 is 5.82 Å². The van der Waals surface area contributed by atoms with Crippen molar-refractivity contribution in [2.75, 3.05) is 0 Å². The fourth-order valence-electron chi connectivity index (χ4n) is 0.982. The lowest BCUT2D eigenvalue weighted by molar-refractivity contribution is -0.582. The van der Waals surface area contributed by atoms with Crippen LogP contribution in [0, 0.1) is 0 Å². The number of hydrogen-bond donors (Lipinski definition) is 0. The zero-order valence-electron chi connectivity index (χ0n) is 8.00. The van der Waals surface area contributed by atoms with Crippen molar-refractivity contribution in [3.63, 3.8) is 0 Å². The van der Waals surface area contributed by atoms with Gasteiger partial charge in [0.2, 0.25) is 0 Å². The smallest absolute Gasteiger partial charge is 0.203 e. The summed E-state index contributed by atoms with van der Waals surface area (Å²) in [6.45, 7) is 7.22. The maximum absolute atomic E-state index is 4.21. The lowest BCUT2D eigenvalue weighted by Gasteiger charge is -1.93. The molecule has 2 nitrogen and oxygen atoms in total. The third-order valence-corrected chi connectivity index (χ3v) is 1.56. The zero-order chi connectivity index (χ0) is 10.2. The van der Waals surface area contributed by atoms with Crippen LogP contribution in [0.3, 0.4) is 0 Å². The standard InChI is InChI=1S/C12H13N2/c1-3-8-12(13-9-4-2)14-10-6-5-7-11-14/h3-11H,1-2H2/q+1/b12-8+,13-9?. The third-order valence-electron chi connectivity index (χ3n) is 1.56. The van der Waals surface area contributed by atoms with Gasteiger partial charge in [-0.3, -0.25) is 0 Å². The Bertz CT molecular complexity index is 361. The molecule has 0 N–H and O–H groups in total. The van der Waals surface area contributed by atoms with Crippen LogP contribution in [0.2, 0.25) is 0 Å². The first-order chi connectivity index (χ1) is 6.88. The molecule has 0 aliphatic heterocycles. The van der Waals surface area contributed by atoms with Crippen LogP contribution in [0.5, 0.6) is 0 Å². The minimum Gasteiger partial charge on any atom is -0.203 e. The van der Waals surface area contributed by atoms with Gasteiger partial charge in [0, 0.05) is 6.08 Å². The summed E-state index contributed by atoms with van der Waals surface area (Å²) in [6, 6.07) is 5.85. The average molecular weight is 185 g/mol. The normalized spacial score (nSPS) is 11.6. The van der Waals surface area contributed by atoms with Crippen LogP contribution in [0.4, 0.5) is 0 Å². The van der Waals surface area contributed by atoms with Crippen LogP contribution < -0.4 is 4.57 Å². The molecule has 0 amide bonds. The Balaban J connectivity index is 3.01. The van der Waals surface area contributed by atoms with Gasteiger partial charge < -0.3 is 0 Å². The lowest BCUT2D eigenvalue weighted by atomic mass is 10.4. The van der Waals surface area contributed by atoms with E-state index in [1.807, 2.05) is 41.2 Å². The summed E-state index contributed by atoms with van der Waals surface area (Å²) in [5.41, 5.74) is 0. The maximum Gasteiger partial charge on any atom is 0.327 e. The number of hydrogen-bond acceptors (Lipinski definition) is 1. The number of pyridine rings is 1. The van der Waals surface area contributed by atoms with Crippen molar-refractivity contribution in [1.82, 2.24) is 0 Å². The molecule has 0 aliphatic carbocycles. The molecular formula is C12H13N2+.